The van der Waals surface area contributed by atoms with Crippen LogP contribution in [0.15, 0.2) is 67.0 Å². The minimum atomic E-state index is -0.580. The molecule has 1 aromatic heterocycles. The maximum atomic E-state index is 14.5. The van der Waals surface area contributed by atoms with Gasteiger partial charge in [0.05, 0.1) is 0 Å². The molecule has 1 aliphatic heterocycles. The van der Waals surface area contributed by atoms with E-state index >= 15 is 0 Å². The van der Waals surface area contributed by atoms with Crippen LogP contribution in [-0.2, 0) is 23.3 Å². The van der Waals surface area contributed by atoms with Gasteiger partial charge in [0.15, 0.2) is 0 Å². The maximum absolute atomic E-state index is 14.5. The van der Waals surface area contributed by atoms with Crippen LogP contribution in [0.25, 0.3) is 0 Å². The number of fused-ring (bicyclic) bond motifs is 1. The lowest BCUT2D eigenvalue weighted by Gasteiger charge is -2.29. The molecular weight excluding hydrogens is 503 g/mol. The Morgan fingerprint density at radius 1 is 0.975 bits per heavy atom. The van der Waals surface area contributed by atoms with E-state index in [0.717, 1.165) is 62.0 Å². The van der Waals surface area contributed by atoms with Crippen LogP contribution in [0, 0.1) is 5.82 Å². The molecule has 0 radical (unpaired) electrons. The van der Waals surface area contributed by atoms with E-state index in [2.05, 4.69) is 21.3 Å². The zero-order valence-electron chi connectivity index (χ0n) is 24.0. The fraction of sp³-hybridized carbons (Fsp3) is 0.424. The van der Waals surface area contributed by atoms with Crippen molar-refractivity contribution >= 4 is 17.5 Å². The minimum Gasteiger partial charge on any atom is -0.351 e. The Bertz CT molecular complexity index is 1290. The van der Waals surface area contributed by atoms with Crippen LogP contribution in [-0.4, -0.2) is 41.3 Å². The number of anilines is 1. The van der Waals surface area contributed by atoms with Crippen LogP contribution in [0.5, 0.6) is 0 Å². The molecule has 0 atom stereocenters. The Morgan fingerprint density at radius 3 is 2.45 bits per heavy atom. The first kappa shape index (κ1) is 29.4. The molecule has 2 heterocycles. The summed E-state index contributed by atoms with van der Waals surface area (Å²) in [6, 6.07) is 16.3. The van der Waals surface area contributed by atoms with Crippen LogP contribution in [0.4, 0.5) is 10.1 Å². The van der Waals surface area contributed by atoms with E-state index in [1.807, 2.05) is 49.2 Å². The lowest BCUT2D eigenvalue weighted by atomic mass is 9.84. The standard InChI is InChI=1S/C33H41FN4O2/c1-25(39)38-19-10-6-4-5-9-18-37(22-26-12-11-17-35-21-26)23-28-20-27(15-16-31(28)38)32(40)36-24-33(2,3)29-13-7-8-14-30(29)34/h7-8,11-17,20-21H,4-6,9-10,18-19,22-24H2,1-3H3,(H,36,40). The summed E-state index contributed by atoms with van der Waals surface area (Å²) in [7, 11) is 0. The number of carbonyl (C=O) groups excluding carboxylic acids is 2. The smallest absolute Gasteiger partial charge is 0.251 e. The minimum absolute atomic E-state index is 0.000887. The van der Waals surface area contributed by atoms with Crippen molar-refractivity contribution in [2.24, 2.45) is 0 Å². The summed E-state index contributed by atoms with van der Waals surface area (Å²) in [4.78, 5) is 34.6. The number of pyridine rings is 1. The molecule has 0 aliphatic carbocycles. The average Bonchev–Trinajstić information content (AvgIpc) is 2.93. The molecule has 1 N–H and O–H groups in total. The van der Waals surface area contributed by atoms with Crippen LogP contribution < -0.4 is 10.2 Å². The summed E-state index contributed by atoms with van der Waals surface area (Å²) < 4.78 is 14.5. The lowest BCUT2D eigenvalue weighted by Crippen LogP contribution is -2.37. The van der Waals surface area contributed by atoms with Crippen molar-refractivity contribution in [3.8, 4) is 0 Å². The maximum Gasteiger partial charge on any atom is 0.251 e. The van der Waals surface area contributed by atoms with E-state index in [9.17, 15) is 14.0 Å². The van der Waals surface area contributed by atoms with Crippen molar-refractivity contribution in [3.05, 3.63) is 95.1 Å². The SMILES string of the molecule is CC(=O)N1CCCCCCCN(Cc2cccnc2)Cc2cc(C(=O)NCC(C)(C)c3ccccc3F)ccc21. The summed E-state index contributed by atoms with van der Waals surface area (Å²) in [5.41, 5.74) is 3.44. The number of amides is 2. The van der Waals surface area contributed by atoms with Gasteiger partial charge in [0.1, 0.15) is 5.82 Å². The summed E-state index contributed by atoms with van der Waals surface area (Å²) in [6.07, 6.45) is 9.10. The average molecular weight is 545 g/mol. The molecule has 212 valence electrons. The molecule has 1 aliphatic rings. The second kappa shape index (κ2) is 13.7. The molecule has 2 amide bonds. The molecule has 0 saturated heterocycles. The summed E-state index contributed by atoms with van der Waals surface area (Å²) >= 11 is 0. The third kappa shape index (κ3) is 7.75. The van der Waals surface area contributed by atoms with Gasteiger partial charge in [0, 0.05) is 62.2 Å². The second-order valence-corrected chi connectivity index (χ2v) is 11.4. The highest BCUT2D eigenvalue weighted by Crippen LogP contribution is 2.28. The van der Waals surface area contributed by atoms with Gasteiger partial charge in [-0.25, -0.2) is 4.39 Å². The van der Waals surface area contributed by atoms with E-state index < -0.39 is 5.41 Å². The van der Waals surface area contributed by atoms with Crippen molar-refractivity contribution < 1.29 is 14.0 Å². The fourth-order valence-electron chi connectivity index (χ4n) is 5.41. The Labute approximate surface area is 237 Å². The van der Waals surface area contributed by atoms with Crippen molar-refractivity contribution in [2.75, 3.05) is 24.5 Å². The number of rotatable bonds is 6. The number of carbonyl (C=O) groups is 2. The van der Waals surface area contributed by atoms with E-state index in [4.69, 9.17) is 0 Å². The number of halogens is 1. The normalized spacial score (nSPS) is 15.4. The summed E-state index contributed by atoms with van der Waals surface area (Å²) in [5.74, 6) is -0.493. The monoisotopic (exact) mass is 544 g/mol. The third-order valence-electron chi connectivity index (χ3n) is 7.69. The number of hydrogen-bond donors (Lipinski definition) is 1. The molecule has 0 fully saturated rings. The first-order valence-corrected chi connectivity index (χ1v) is 14.3. The molecule has 7 heteroatoms. The summed E-state index contributed by atoms with van der Waals surface area (Å²) in [6.45, 7) is 8.66. The Balaban J connectivity index is 1.61. The summed E-state index contributed by atoms with van der Waals surface area (Å²) in [5, 5.41) is 3.02. The largest absolute Gasteiger partial charge is 0.351 e. The molecule has 0 saturated carbocycles. The molecule has 3 aromatic rings. The van der Waals surface area contributed by atoms with Crippen molar-refractivity contribution in [1.29, 1.82) is 0 Å². The van der Waals surface area contributed by atoms with Gasteiger partial charge < -0.3 is 10.2 Å². The van der Waals surface area contributed by atoms with Crippen LogP contribution >= 0.6 is 0 Å². The second-order valence-electron chi connectivity index (χ2n) is 11.4. The van der Waals surface area contributed by atoms with Crippen molar-refractivity contribution in [3.63, 3.8) is 0 Å². The van der Waals surface area contributed by atoms with Crippen molar-refractivity contribution in [2.45, 2.75) is 71.4 Å². The molecule has 6 nitrogen and oxygen atoms in total. The Hall–Kier alpha value is -3.58. The highest BCUT2D eigenvalue weighted by molar-refractivity contribution is 5.97. The van der Waals surface area contributed by atoms with Crippen LogP contribution in [0.2, 0.25) is 0 Å². The highest BCUT2D eigenvalue weighted by Gasteiger charge is 2.25. The van der Waals surface area contributed by atoms with Crippen LogP contribution in [0.3, 0.4) is 0 Å². The Kier molecular flexibility index (Phi) is 10.0. The number of nitrogens with one attached hydrogen (secondary N) is 1. The van der Waals surface area contributed by atoms with E-state index in [1.165, 1.54) is 6.07 Å². The number of hydrogen-bond acceptors (Lipinski definition) is 4. The van der Waals surface area contributed by atoms with Gasteiger partial charge in [0.25, 0.3) is 5.91 Å². The molecule has 40 heavy (non-hydrogen) atoms. The first-order chi connectivity index (χ1) is 19.2. The quantitative estimate of drug-likeness (QED) is 0.399. The number of nitrogens with zero attached hydrogens (tertiary/aromatic N) is 3. The zero-order chi connectivity index (χ0) is 28.5. The van der Waals surface area contributed by atoms with Gasteiger partial charge in [-0.05, 0) is 66.4 Å². The first-order valence-electron chi connectivity index (χ1n) is 14.3. The van der Waals surface area contributed by atoms with Gasteiger partial charge in [0.2, 0.25) is 5.91 Å². The predicted octanol–water partition coefficient (Wildman–Crippen LogP) is 6.25. The van der Waals surface area contributed by atoms with Crippen molar-refractivity contribution in [1.82, 2.24) is 15.2 Å². The van der Waals surface area contributed by atoms with Gasteiger partial charge in [-0.1, -0.05) is 57.4 Å². The van der Waals surface area contributed by atoms with Gasteiger partial charge in [-0.3, -0.25) is 19.5 Å². The lowest BCUT2D eigenvalue weighted by molar-refractivity contribution is -0.116. The third-order valence-corrected chi connectivity index (χ3v) is 7.69. The molecule has 0 spiro atoms. The number of benzene rings is 2. The van der Waals surface area contributed by atoms with Gasteiger partial charge >= 0.3 is 0 Å². The molecular formula is C33H41FN4O2. The van der Waals surface area contributed by atoms with E-state index in [1.54, 1.807) is 31.3 Å². The molecule has 0 unspecified atom stereocenters. The predicted molar refractivity (Wildman–Crippen MR) is 158 cm³/mol. The van der Waals surface area contributed by atoms with Gasteiger partial charge in [-0.15, -0.1) is 0 Å². The molecule has 2 aromatic carbocycles. The van der Waals surface area contributed by atoms with E-state index in [0.29, 0.717) is 24.2 Å². The zero-order valence-corrected chi connectivity index (χ0v) is 24.0. The fourth-order valence-corrected chi connectivity index (χ4v) is 5.41. The van der Waals surface area contributed by atoms with Crippen LogP contribution in [0.1, 0.15) is 79.9 Å². The number of aromatic nitrogens is 1. The topological polar surface area (TPSA) is 65.5 Å². The Morgan fingerprint density at radius 2 is 1.73 bits per heavy atom. The van der Waals surface area contributed by atoms with E-state index in [-0.39, 0.29) is 24.2 Å². The molecule has 4 rings (SSSR count). The van der Waals surface area contributed by atoms with Gasteiger partial charge in [-0.2, -0.15) is 0 Å². The molecule has 0 bridgehead atoms. The highest BCUT2D eigenvalue weighted by atomic mass is 19.1.